The molecule has 0 bridgehead atoms. The second-order valence-corrected chi connectivity index (χ2v) is 13.1. The van der Waals surface area contributed by atoms with E-state index in [1.165, 1.54) is 0 Å². The Balaban J connectivity index is 0.00000181. The average Bonchev–Trinajstić information content (AvgIpc) is 3.40. The molecule has 0 saturated carbocycles. The number of amides is 2. The van der Waals surface area contributed by atoms with Crippen LogP contribution in [0.4, 0.5) is 13.6 Å². The van der Waals surface area contributed by atoms with Gasteiger partial charge in [-0.25, -0.2) is 18.6 Å². The van der Waals surface area contributed by atoms with Gasteiger partial charge in [0, 0.05) is 36.9 Å². The number of aliphatic hydroxyl groups is 2. The maximum atomic E-state index is 14.8. The fourth-order valence-corrected chi connectivity index (χ4v) is 5.12. The number of nitrogens with one attached hydrogen (secondary N) is 2. The highest BCUT2D eigenvalue weighted by Crippen LogP contribution is 2.35. The Labute approximate surface area is 275 Å². The van der Waals surface area contributed by atoms with E-state index in [9.17, 15) is 23.5 Å². The molecule has 11 nitrogen and oxygen atoms in total. The molecule has 3 aromatic rings. The Morgan fingerprint density at radius 1 is 1.00 bits per heavy atom. The van der Waals surface area contributed by atoms with Crippen molar-refractivity contribution in [3.05, 3.63) is 77.8 Å². The predicted molar refractivity (Wildman–Crippen MR) is 178 cm³/mol. The van der Waals surface area contributed by atoms with E-state index in [-0.39, 0.29) is 44.8 Å². The van der Waals surface area contributed by atoms with Crippen LogP contribution in [-0.2, 0) is 11.3 Å². The normalized spacial score (nSPS) is 12.9. The number of imidazole rings is 1. The highest BCUT2D eigenvalue weighted by atomic mass is 19.1. The zero-order valence-corrected chi connectivity index (χ0v) is 28.1. The number of hydrogen-bond donors (Lipinski definition) is 6. The van der Waals surface area contributed by atoms with E-state index in [2.05, 4.69) is 10.6 Å². The molecule has 0 fully saturated rings. The molecule has 0 saturated heterocycles. The first-order valence-electron chi connectivity index (χ1n) is 15.6. The maximum Gasteiger partial charge on any atom is 0.408 e. The van der Waals surface area contributed by atoms with Gasteiger partial charge in [0.15, 0.2) is 0 Å². The second kappa shape index (κ2) is 17.9. The second-order valence-electron chi connectivity index (χ2n) is 13.1. The monoisotopic (exact) mass is 660 g/mol. The number of benzene rings is 2. The van der Waals surface area contributed by atoms with Crippen LogP contribution in [0, 0.1) is 17.0 Å². The topological polar surface area (TPSA) is 166 Å². The predicted octanol–water partition coefficient (Wildman–Crippen LogP) is 4.14. The van der Waals surface area contributed by atoms with E-state index in [1.807, 2.05) is 55.7 Å². The van der Waals surface area contributed by atoms with Crippen molar-refractivity contribution >= 4 is 12.0 Å². The lowest BCUT2D eigenvalue weighted by molar-refractivity contribution is -0.127. The molecule has 0 aliphatic heterocycles. The van der Waals surface area contributed by atoms with Crippen LogP contribution in [0.2, 0.25) is 0 Å². The first-order valence-corrected chi connectivity index (χ1v) is 15.6. The number of carbonyl (C=O) groups excluding carboxylic acids is 1. The van der Waals surface area contributed by atoms with Crippen LogP contribution in [0.1, 0.15) is 65.4 Å². The number of nitrogens with two attached hydrogens (primary N) is 1. The Kier molecular flexibility index (Phi) is 14.9. The number of carboxylic acid groups (broad SMARTS) is 1. The molecule has 0 spiro atoms. The molecule has 260 valence electrons. The van der Waals surface area contributed by atoms with E-state index < -0.39 is 46.7 Å². The summed E-state index contributed by atoms with van der Waals surface area (Å²) in [6.45, 7) is 12.2. The fourth-order valence-electron chi connectivity index (χ4n) is 5.12. The molecule has 7 N–H and O–H groups in total. The zero-order valence-electron chi connectivity index (χ0n) is 28.1. The molecule has 1 aromatic heterocycles. The van der Waals surface area contributed by atoms with Crippen molar-refractivity contribution in [1.29, 1.82) is 0 Å². The lowest BCUT2D eigenvalue weighted by Gasteiger charge is -2.39. The van der Waals surface area contributed by atoms with Crippen molar-refractivity contribution in [3.8, 4) is 11.3 Å². The van der Waals surface area contributed by atoms with E-state index in [0.29, 0.717) is 18.1 Å². The van der Waals surface area contributed by atoms with Gasteiger partial charge in [0.1, 0.15) is 23.5 Å². The van der Waals surface area contributed by atoms with Crippen LogP contribution in [0.15, 0.2) is 54.7 Å². The summed E-state index contributed by atoms with van der Waals surface area (Å²) in [5.74, 6) is -0.974. The summed E-state index contributed by atoms with van der Waals surface area (Å²) in [5.41, 5.74) is 5.67. The van der Waals surface area contributed by atoms with Gasteiger partial charge >= 0.3 is 6.09 Å². The quantitative estimate of drug-likeness (QED) is 0.159. The molecule has 2 atom stereocenters. The average molecular weight is 661 g/mol. The number of carbonyl (C=O) groups is 2. The lowest BCUT2D eigenvalue weighted by Crippen LogP contribution is -2.58. The third-order valence-corrected chi connectivity index (χ3v) is 7.18. The van der Waals surface area contributed by atoms with Gasteiger partial charge in [-0.2, -0.15) is 0 Å². The summed E-state index contributed by atoms with van der Waals surface area (Å²) in [6, 6.07) is 11.6. The number of nitrogens with zero attached hydrogens (tertiary/aromatic N) is 3. The van der Waals surface area contributed by atoms with Gasteiger partial charge in [0.2, 0.25) is 5.91 Å². The van der Waals surface area contributed by atoms with E-state index in [1.54, 1.807) is 27.0 Å². The maximum absolute atomic E-state index is 14.8. The zero-order chi connectivity index (χ0) is 35.4. The van der Waals surface area contributed by atoms with Crippen molar-refractivity contribution in [2.24, 2.45) is 11.1 Å². The van der Waals surface area contributed by atoms with Crippen molar-refractivity contribution in [2.45, 2.75) is 72.1 Å². The number of rotatable bonds is 13. The number of aliphatic hydroxyl groups excluding tert-OH is 2. The Morgan fingerprint density at radius 2 is 1.64 bits per heavy atom. The first-order chi connectivity index (χ1) is 22.0. The SMILES string of the molecule is CC(C)(C)[C@@H](NCC[C@@H](C(=O)NCCN)N(C(=O)O)C(C)(C)C)c1nc(-c2cc(F)ccc2F)cn1Cc1ccccc1.OCCO. The van der Waals surface area contributed by atoms with E-state index in [4.69, 9.17) is 20.9 Å². The van der Waals surface area contributed by atoms with E-state index >= 15 is 0 Å². The molecular formula is C34H50F2N6O5. The molecular weight excluding hydrogens is 610 g/mol. The van der Waals surface area contributed by atoms with Gasteiger partial charge in [-0.05, 0) is 62.9 Å². The van der Waals surface area contributed by atoms with Crippen molar-refractivity contribution in [1.82, 2.24) is 25.1 Å². The van der Waals surface area contributed by atoms with Crippen molar-refractivity contribution in [3.63, 3.8) is 0 Å². The molecule has 2 aromatic carbocycles. The van der Waals surface area contributed by atoms with Gasteiger partial charge in [0.05, 0.1) is 24.9 Å². The van der Waals surface area contributed by atoms with Crippen molar-refractivity contribution in [2.75, 3.05) is 32.8 Å². The summed E-state index contributed by atoms with van der Waals surface area (Å²) in [4.78, 5) is 31.4. The van der Waals surface area contributed by atoms with Crippen LogP contribution in [-0.4, -0.2) is 86.2 Å². The Hall–Kier alpha value is -3.91. The van der Waals surface area contributed by atoms with Crippen molar-refractivity contribution < 1.29 is 33.7 Å². The lowest BCUT2D eigenvalue weighted by atomic mass is 9.85. The summed E-state index contributed by atoms with van der Waals surface area (Å²) < 4.78 is 30.9. The number of aromatic nitrogens is 2. The summed E-state index contributed by atoms with van der Waals surface area (Å²) in [6.07, 6.45) is 0.695. The molecule has 2 amide bonds. The van der Waals surface area contributed by atoms with Gasteiger partial charge in [-0.15, -0.1) is 0 Å². The van der Waals surface area contributed by atoms with Crippen LogP contribution in [0.25, 0.3) is 11.3 Å². The van der Waals surface area contributed by atoms with Gasteiger partial charge in [0.25, 0.3) is 0 Å². The number of halogens is 2. The van der Waals surface area contributed by atoms with E-state index in [0.717, 1.165) is 28.7 Å². The Bertz CT molecular complexity index is 1420. The highest BCUT2D eigenvalue weighted by Gasteiger charge is 2.38. The molecule has 3 rings (SSSR count). The first kappa shape index (κ1) is 39.3. The summed E-state index contributed by atoms with van der Waals surface area (Å²) in [5, 5.41) is 31.5. The van der Waals surface area contributed by atoms with Gasteiger partial charge < -0.3 is 36.3 Å². The Morgan fingerprint density at radius 3 is 2.17 bits per heavy atom. The van der Waals surface area contributed by atoms with Gasteiger partial charge in [-0.1, -0.05) is 51.1 Å². The van der Waals surface area contributed by atoms with Crippen LogP contribution < -0.4 is 16.4 Å². The smallest absolute Gasteiger partial charge is 0.408 e. The molecule has 13 heteroatoms. The standard InChI is InChI=1S/C32H44F2N6O3.C2H6O2/c1-31(2,3)27(36-16-14-26(29(41)37-17-15-35)40(30(42)43)32(4,5)6)28-38-25(23-18-22(33)12-13-24(23)34)20-39(28)19-21-10-8-7-9-11-21;3-1-2-4/h7-13,18,20,26-27,36H,14-17,19,35H2,1-6H3,(H,37,41)(H,42,43);3-4H,1-2H2/t26-,27-;/m0./s1. The van der Waals surface area contributed by atoms with Crippen LogP contribution in [0.3, 0.4) is 0 Å². The van der Waals surface area contributed by atoms with Crippen LogP contribution in [0.5, 0.6) is 0 Å². The third-order valence-electron chi connectivity index (χ3n) is 7.18. The summed E-state index contributed by atoms with van der Waals surface area (Å²) >= 11 is 0. The fraction of sp³-hybridized carbons (Fsp3) is 0.500. The summed E-state index contributed by atoms with van der Waals surface area (Å²) in [7, 11) is 0. The molecule has 0 unspecified atom stereocenters. The minimum atomic E-state index is -1.20. The minimum absolute atomic E-state index is 0.0552. The highest BCUT2D eigenvalue weighted by molar-refractivity contribution is 5.85. The van der Waals surface area contributed by atoms with Gasteiger partial charge in [-0.3, -0.25) is 9.69 Å². The molecule has 47 heavy (non-hydrogen) atoms. The molecule has 0 radical (unpaired) electrons. The molecule has 0 aliphatic carbocycles. The largest absolute Gasteiger partial charge is 0.465 e. The van der Waals surface area contributed by atoms with Crippen LogP contribution >= 0.6 is 0 Å². The molecule has 0 aliphatic rings. The number of hydrogen-bond acceptors (Lipinski definition) is 7. The molecule has 1 heterocycles. The minimum Gasteiger partial charge on any atom is -0.465 e. The third kappa shape index (κ3) is 11.7.